The van der Waals surface area contributed by atoms with Gasteiger partial charge in [0.15, 0.2) is 11.0 Å². The Hall–Kier alpha value is -3.13. The number of nitrogens with zero attached hydrogens (tertiary/aromatic N) is 4. The van der Waals surface area contributed by atoms with Gasteiger partial charge >= 0.3 is 0 Å². The van der Waals surface area contributed by atoms with E-state index in [-0.39, 0.29) is 11.7 Å². The molecule has 0 unspecified atom stereocenters. The molecule has 0 aliphatic heterocycles. The van der Waals surface area contributed by atoms with E-state index in [2.05, 4.69) is 20.7 Å². The molecule has 8 heteroatoms. The largest absolute Gasteiger partial charge is 0.465 e. The van der Waals surface area contributed by atoms with E-state index in [1.807, 2.05) is 48.7 Å². The zero-order valence-corrected chi connectivity index (χ0v) is 16.5. The second-order valence-electron chi connectivity index (χ2n) is 5.89. The minimum Gasteiger partial charge on any atom is -0.465 e. The topological polar surface area (TPSA) is 85.3 Å². The molecule has 144 valence electrons. The molecule has 0 fully saturated rings. The number of nitrogens with one attached hydrogen (secondary N) is 1. The van der Waals surface area contributed by atoms with Gasteiger partial charge in [0.05, 0.1) is 12.0 Å². The number of furan rings is 1. The van der Waals surface area contributed by atoms with E-state index in [9.17, 15) is 4.79 Å². The number of carbonyl (C=O) groups excluding carboxylic acids is 1. The summed E-state index contributed by atoms with van der Waals surface area (Å²) in [7, 11) is 0. The quantitative estimate of drug-likeness (QED) is 0.356. The molecule has 1 aromatic carbocycles. The summed E-state index contributed by atoms with van der Waals surface area (Å²) in [6.07, 6.45) is 6.53. The fraction of sp³-hybridized carbons (Fsp3) is 0.200. The van der Waals surface area contributed by atoms with Crippen molar-refractivity contribution in [1.29, 1.82) is 0 Å². The highest BCUT2D eigenvalue weighted by molar-refractivity contribution is 7.99. The SMILES string of the molecule is CCn1c(SCC(=O)N/N=C/C=C/c2ccco2)nnc1-c1ccc(C)cc1. The second-order valence-corrected chi connectivity index (χ2v) is 6.84. The summed E-state index contributed by atoms with van der Waals surface area (Å²) in [6.45, 7) is 4.79. The van der Waals surface area contributed by atoms with E-state index in [1.165, 1.54) is 23.5 Å². The van der Waals surface area contributed by atoms with Gasteiger partial charge in [0.25, 0.3) is 5.91 Å². The number of carbonyl (C=O) groups is 1. The highest BCUT2D eigenvalue weighted by Gasteiger charge is 2.14. The smallest absolute Gasteiger partial charge is 0.250 e. The average molecular weight is 395 g/mol. The number of rotatable bonds is 8. The lowest BCUT2D eigenvalue weighted by atomic mass is 10.1. The third-order valence-corrected chi connectivity index (χ3v) is 4.80. The van der Waals surface area contributed by atoms with Crippen molar-refractivity contribution >= 4 is 30.0 Å². The second kappa shape index (κ2) is 9.70. The number of hydrogen-bond donors (Lipinski definition) is 1. The van der Waals surface area contributed by atoms with Crippen LogP contribution in [0.2, 0.25) is 0 Å². The molecule has 0 bridgehead atoms. The molecule has 28 heavy (non-hydrogen) atoms. The van der Waals surface area contributed by atoms with Crippen LogP contribution in [0.3, 0.4) is 0 Å². The van der Waals surface area contributed by atoms with Crippen molar-refractivity contribution < 1.29 is 9.21 Å². The zero-order valence-electron chi connectivity index (χ0n) is 15.7. The van der Waals surface area contributed by atoms with Gasteiger partial charge in [0.1, 0.15) is 5.76 Å². The van der Waals surface area contributed by atoms with Gasteiger partial charge in [-0.15, -0.1) is 10.2 Å². The molecule has 0 aliphatic carbocycles. The maximum Gasteiger partial charge on any atom is 0.250 e. The van der Waals surface area contributed by atoms with Crippen LogP contribution in [0.4, 0.5) is 0 Å². The van der Waals surface area contributed by atoms with Crippen LogP contribution in [0.1, 0.15) is 18.2 Å². The lowest BCUT2D eigenvalue weighted by Crippen LogP contribution is -2.19. The number of hydrazone groups is 1. The van der Waals surface area contributed by atoms with E-state index in [4.69, 9.17) is 4.42 Å². The molecular weight excluding hydrogens is 374 g/mol. The Morgan fingerprint density at radius 2 is 2.11 bits per heavy atom. The third-order valence-electron chi connectivity index (χ3n) is 3.83. The van der Waals surface area contributed by atoms with Crippen molar-refractivity contribution in [2.75, 3.05) is 5.75 Å². The normalized spacial score (nSPS) is 11.5. The molecule has 3 aromatic rings. The summed E-state index contributed by atoms with van der Waals surface area (Å²) in [4.78, 5) is 12.0. The van der Waals surface area contributed by atoms with E-state index in [0.29, 0.717) is 5.16 Å². The van der Waals surface area contributed by atoms with Gasteiger partial charge in [-0.2, -0.15) is 5.10 Å². The fourth-order valence-corrected chi connectivity index (χ4v) is 3.23. The van der Waals surface area contributed by atoms with Crippen molar-refractivity contribution in [3.8, 4) is 11.4 Å². The molecular formula is C20H21N5O2S. The van der Waals surface area contributed by atoms with Crippen molar-refractivity contribution in [3.05, 3.63) is 60.1 Å². The molecule has 0 spiro atoms. The number of benzene rings is 1. The van der Waals surface area contributed by atoms with E-state index in [0.717, 1.165) is 23.7 Å². The van der Waals surface area contributed by atoms with E-state index in [1.54, 1.807) is 24.5 Å². The minimum absolute atomic E-state index is 0.200. The predicted octanol–water partition coefficient (Wildman–Crippen LogP) is 3.77. The van der Waals surface area contributed by atoms with Crippen LogP contribution >= 0.6 is 11.8 Å². The Morgan fingerprint density at radius 3 is 2.82 bits per heavy atom. The Kier molecular flexibility index (Phi) is 6.80. The van der Waals surface area contributed by atoms with Crippen LogP contribution in [-0.4, -0.2) is 32.6 Å². The summed E-state index contributed by atoms with van der Waals surface area (Å²) in [6, 6.07) is 11.8. The molecule has 7 nitrogen and oxygen atoms in total. The number of allylic oxidation sites excluding steroid dienone is 1. The molecule has 1 N–H and O–H groups in total. The van der Waals surface area contributed by atoms with Crippen LogP contribution < -0.4 is 5.43 Å². The first-order valence-corrected chi connectivity index (χ1v) is 9.81. The highest BCUT2D eigenvalue weighted by atomic mass is 32.2. The Morgan fingerprint density at radius 1 is 1.29 bits per heavy atom. The minimum atomic E-state index is -0.213. The molecule has 2 aromatic heterocycles. The Bertz CT molecular complexity index is 959. The van der Waals surface area contributed by atoms with Crippen LogP contribution in [0.25, 0.3) is 17.5 Å². The summed E-state index contributed by atoms with van der Waals surface area (Å²) in [5.41, 5.74) is 4.68. The molecule has 0 atom stereocenters. The van der Waals surface area contributed by atoms with Gasteiger partial charge in [-0.25, -0.2) is 5.43 Å². The third kappa shape index (κ3) is 5.20. The molecule has 0 aliphatic rings. The van der Waals surface area contributed by atoms with Gasteiger partial charge in [-0.05, 0) is 38.1 Å². The van der Waals surface area contributed by atoms with Crippen molar-refractivity contribution in [2.24, 2.45) is 5.10 Å². The zero-order chi connectivity index (χ0) is 19.8. The van der Waals surface area contributed by atoms with Crippen LogP contribution in [0.5, 0.6) is 0 Å². The van der Waals surface area contributed by atoms with E-state index < -0.39 is 0 Å². The lowest BCUT2D eigenvalue weighted by Gasteiger charge is -2.07. The van der Waals surface area contributed by atoms with Gasteiger partial charge in [0.2, 0.25) is 0 Å². The molecule has 0 radical (unpaired) electrons. The molecule has 2 heterocycles. The van der Waals surface area contributed by atoms with Gasteiger partial charge < -0.3 is 8.98 Å². The maximum absolute atomic E-state index is 12.0. The van der Waals surface area contributed by atoms with Crippen molar-refractivity contribution in [2.45, 2.75) is 25.5 Å². The average Bonchev–Trinajstić information content (AvgIpc) is 3.36. The van der Waals surface area contributed by atoms with Gasteiger partial charge in [-0.1, -0.05) is 41.6 Å². The first-order valence-electron chi connectivity index (χ1n) is 8.82. The van der Waals surface area contributed by atoms with Gasteiger partial charge in [-0.3, -0.25) is 4.79 Å². The number of aromatic nitrogens is 3. The Labute approximate surface area is 167 Å². The van der Waals surface area contributed by atoms with Crippen LogP contribution in [0.15, 0.2) is 63.4 Å². The fourth-order valence-electron chi connectivity index (χ4n) is 2.44. The lowest BCUT2D eigenvalue weighted by molar-refractivity contribution is -0.118. The molecule has 1 amide bonds. The molecule has 3 rings (SSSR count). The summed E-state index contributed by atoms with van der Waals surface area (Å²) in [5.74, 6) is 1.50. The van der Waals surface area contributed by atoms with Crippen molar-refractivity contribution in [1.82, 2.24) is 20.2 Å². The summed E-state index contributed by atoms with van der Waals surface area (Å²) < 4.78 is 7.15. The summed E-state index contributed by atoms with van der Waals surface area (Å²) in [5, 5.41) is 13.1. The van der Waals surface area contributed by atoms with Crippen molar-refractivity contribution in [3.63, 3.8) is 0 Å². The standard InChI is InChI=1S/C20H21N5O2S/c1-3-25-19(16-10-8-15(2)9-11-16)23-24-20(25)28-14-18(26)22-21-12-4-6-17-7-5-13-27-17/h4-13H,3,14H2,1-2H3,(H,22,26)/b6-4+,21-12+. The van der Waals surface area contributed by atoms with Crippen LogP contribution in [-0.2, 0) is 11.3 Å². The number of amides is 1. The molecule has 0 saturated carbocycles. The Balaban J connectivity index is 1.54. The first-order chi connectivity index (χ1) is 13.7. The number of thioether (sulfide) groups is 1. The first kappa shape index (κ1) is 19.6. The summed E-state index contributed by atoms with van der Waals surface area (Å²) >= 11 is 1.33. The highest BCUT2D eigenvalue weighted by Crippen LogP contribution is 2.24. The molecule has 0 saturated heterocycles. The van der Waals surface area contributed by atoms with Crippen LogP contribution in [0, 0.1) is 6.92 Å². The monoisotopic (exact) mass is 395 g/mol. The van der Waals surface area contributed by atoms with E-state index >= 15 is 0 Å². The number of hydrogen-bond acceptors (Lipinski definition) is 6. The number of aryl methyl sites for hydroxylation is 1. The maximum atomic E-state index is 12.0. The predicted molar refractivity (Wildman–Crippen MR) is 111 cm³/mol. The van der Waals surface area contributed by atoms with Gasteiger partial charge in [0, 0.05) is 18.3 Å².